The van der Waals surface area contributed by atoms with Gasteiger partial charge >= 0.3 is 26.2 Å². The zero-order valence-electron chi connectivity index (χ0n) is 10.7. The molecule has 0 saturated heterocycles. The third-order valence-corrected chi connectivity index (χ3v) is 1.73. The molecular weight excluding hydrogens is 275 g/mol. The van der Waals surface area contributed by atoms with Gasteiger partial charge in [-0.2, -0.15) is 12.2 Å². The van der Waals surface area contributed by atoms with Gasteiger partial charge in [0.2, 0.25) is 0 Å². The summed E-state index contributed by atoms with van der Waals surface area (Å²) in [5, 5.41) is 7.00. The zero-order chi connectivity index (χ0) is 10.8. The van der Waals surface area contributed by atoms with E-state index in [1.54, 1.807) is 0 Å². The second kappa shape index (κ2) is 14.8. The van der Waals surface area contributed by atoms with Crippen molar-refractivity contribution < 1.29 is 31.3 Å². The van der Waals surface area contributed by atoms with Crippen molar-refractivity contribution >= 4 is 0 Å². The second-order valence-electron chi connectivity index (χ2n) is 2.93. The maximum Gasteiger partial charge on any atom is 3.00 e. The van der Waals surface area contributed by atoms with Gasteiger partial charge in [-0.05, 0) is 0 Å². The summed E-state index contributed by atoms with van der Waals surface area (Å²) in [4.78, 5) is 0. The minimum atomic E-state index is 0. The third kappa shape index (κ3) is 11.9. The number of hydrogen-bond acceptors (Lipinski definition) is 1. The molecule has 1 nitrogen and oxygen atoms in total. The van der Waals surface area contributed by atoms with Crippen molar-refractivity contribution in [3.05, 3.63) is 55.0 Å². The third-order valence-electron chi connectivity index (χ3n) is 1.73. The van der Waals surface area contributed by atoms with Gasteiger partial charge in [0.15, 0.2) is 0 Å². The van der Waals surface area contributed by atoms with E-state index in [1.165, 1.54) is 11.1 Å². The van der Waals surface area contributed by atoms with E-state index >= 15 is 0 Å². The van der Waals surface area contributed by atoms with Crippen molar-refractivity contribution in [2.45, 2.75) is 26.7 Å². The van der Waals surface area contributed by atoms with Crippen LogP contribution in [-0.4, -0.2) is 12.2 Å². The van der Waals surface area contributed by atoms with Crippen molar-refractivity contribution in [1.82, 2.24) is 0 Å². The maximum atomic E-state index is 7.00. The first-order chi connectivity index (χ1) is 6.79. The van der Waals surface area contributed by atoms with Crippen LogP contribution in [0.3, 0.4) is 0 Å². The monoisotopic (exact) mass is 295 g/mol. The Labute approximate surface area is 120 Å². The molecule has 0 aromatic rings. The normalized spacial score (nSPS) is 14.2. The summed E-state index contributed by atoms with van der Waals surface area (Å²) in [6.45, 7) is 4.12. The predicted octanol–water partition coefficient (Wildman–Crippen LogP) is 3.45. The first-order valence-corrected chi connectivity index (χ1v) is 4.71. The van der Waals surface area contributed by atoms with E-state index in [4.69, 9.17) is 5.11 Å². The summed E-state index contributed by atoms with van der Waals surface area (Å²) in [7, 11) is 1.00. The molecule has 0 fully saturated rings. The number of aliphatic hydroxyl groups excluding tert-OH is 1. The van der Waals surface area contributed by atoms with Gasteiger partial charge in [0, 0.05) is 7.11 Å². The van der Waals surface area contributed by atoms with Crippen molar-refractivity contribution in [3.63, 3.8) is 0 Å². The molecule has 0 aromatic heterocycles. The average Bonchev–Trinajstić information content (AvgIpc) is 2.83. The van der Waals surface area contributed by atoms with Crippen LogP contribution in [0.25, 0.3) is 0 Å². The summed E-state index contributed by atoms with van der Waals surface area (Å²) in [5.74, 6) is 0. The molecule has 87 valence electrons. The van der Waals surface area contributed by atoms with Gasteiger partial charge in [-0.1, -0.05) is 13.8 Å². The average molecular weight is 297 g/mol. The van der Waals surface area contributed by atoms with Crippen molar-refractivity contribution in [3.8, 4) is 0 Å². The van der Waals surface area contributed by atoms with Gasteiger partial charge in [-0.3, -0.25) is 12.2 Å². The maximum absolute atomic E-state index is 7.00. The van der Waals surface area contributed by atoms with E-state index in [0.29, 0.717) is 0 Å². The van der Waals surface area contributed by atoms with Gasteiger partial charge in [0.1, 0.15) is 0 Å². The number of allylic oxidation sites excluding steroid dienone is 8. The van der Waals surface area contributed by atoms with Crippen LogP contribution in [0.1, 0.15) is 26.7 Å². The molecule has 2 aliphatic rings. The van der Waals surface area contributed by atoms with Gasteiger partial charge in [0.05, 0.1) is 0 Å². The quantitative estimate of drug-likeness (QED) is 0.679. The van der Waals surface area contributed by atoms with Crippen LogP contribution < -0.4 is 0 Å². The molecule has 0 unspecified atom stereocenters. The minimum absolute atomic E-state index is 0. The van der Waals surface area contributed by atoms with E-state index in [-0.39, 0.29) is 33.6 Å². The molecule has 16 heavy (non-hydrogen) atoms. The van der Waals surface area contributed by atoms with Crippen LogP contribution in [0.4, 0.5) is 0 Å². The predicted molar refractivity (Wildman–Crippen MR) is 66.9 cm³/mol. The standard InChI is InChI=1S/2C6H7.CH4O.CH3.Zr/c2*1-6-4-2-3-5-6;1-2;;/h2*2,4H,3H2,1H3;2H,1H3;1H3;/q2*-1;;-1;+3. The van der Waals surface area contributed by atoms with Crippen LogP contribution >= 0.6 is 0 Å². The Morgan fingerprint density at radius 2 is 1.25 bits per heavy atom. The summed E-state index contributed by atoms with van der Waals surface area (Å²) in [6, 6.07) is 0. The first kappa shape index (κ1) is 21.1. The Hall–Kier alpha value is -0.197. The van der Waals surface area contributed by atoms with Crippen LogP contribution in [0, 0.1) is 19.6 Å². The van der Waals surface area contributed by atoms with E-state index in [2.05, 4.69) is 50.3 Å². The van der Waals surface area contributed by atoms with Crippen molar-refractivity contribution in [2.24, 2.45) is 0 Å². The molecular formula is C14H21OZr. The van der Waals surface area contributed by atoms with E-state index in [9.17, 15) is 0 Å². The van der Waals surface area contributed by atoms with Gasteiger partial charge < -0.3 is 12.5 Å². The number of rotatable bonds is 0. The Kier molecular flexibility index (Phi) is 19.5. The summed E-state index contributed by atoms with van der Waals surface area (Å²) >= 11 is 0. The van der Waals surface area contributed by atoms with Crippen LogP contribution in [0.15, 0.2) is 35.5 Å². The van der Waals surface area contributed by atoms with E-state index in [0.717, 1.165) is 20.0 Å². The number of aliphatic hydroxyl groups is 1. The molecule has 1 N–H and O–H groups in total. The van der Waals surface area contributed by atoms with E-state index < -0.39 is 0 Å². The molecule has 0 aromatic carbocycles. The summed E-state index contributed by atoms with van der Waals surface area (Å²) in [5.41, 5.74) is 2.55. The van der Waals surface area contributed by atoms with Crippen LogP contribution in [-0.2, 0) is 26.2 Å². The van der Waals surface area contributed by atoms with Crippen molar-refractivity contribution in [1.29, 1.82) is 0 Å². The fourth-order valence-electron chi connectivity index (χ4n) is 1.03. The molecule has 0 atom stereocenters. The molecule has 0 amide bonds. The largest absolute Gasteiger partial charge is 3.00 e. The molecule has 1 radical (unpaired) electrons. The molecule has 0 saturated carbocycles. The molecule has 0 aliphatic heterocycles. The molecule has 0 bridgehead atoms. The summed E-state index contributed by atoms with van der Waals surface area (Å²) in [6.07, 6.45) is 16.7. The van der Waals surface area contributed by atoms with E-state index in [1.807, 2.05) is 0 Å². The second-order valence-corrected chi connectivity index (χ2v) is 2.93. The van der Waals surface area contributed by atoms with Gasteiger partial charge in [-0.15, -0.1) is 12.8 Å². The number of hydrogen-bond donors (Lipinski definition) is 1. The Balaban J connectivity index is -0.000000165. The Morgan fingerprint density at radius 3 is 1.31 bits per heavy atom. The van der Waals surface area contributed by atoms with Crippen LogP contribution in [0.2, 0.25) is 0 Å². The SMILES string of the molecule is CC1=[C-]CC=C1.CC1=[C-]CC=C1.CO.[CH3-].[Zr+3]. The topological polar surface area (TPSA) is 20.2 Å². The smallest absolute Gasteiger partial charge is 0.400 e. The molecule has 0 heterocycles. The Bertz CT molecular complexity index is 226. The molecule has 0 spiro atoms. The summed E-state index contributed by atoms with van der Waals surface area (Å²) < 4.78 is 0. The molecule has 2 aliphatic carbocycles. The molecule has 2 heteroatoms. The molecule has 2 rings (SSSR count). The van der Waals surface area contributed by atoms with Gasteiger partial charge in [0.25, 0.3) is 0 Å². The zero-order valence-corrected chi connectivity index (χ0v) is 13.1. The minimum Gasteiger partial charge on any atom is -0.400 e. The van der Waals surface area contributed by atoms with Crippen LogP contribution in [0.5, 0.6) is 0 Å². The fourth-order valence-corrected chi connectivity index (χ4v) is 1.03. The Morgan fingerprint density at radius 1 is 0.938 bits per heavy atom. The fraction of sp³-hybridized carbons (Fsp3) is 0.357. The first-order valence-electron chi connectivity index (χ1n) is 4.71. The van der Waals surface area contributed by atoms with Crippen molar-refractivity contribution in [2.75, 3.05) is 7.11 Å². The van der Waals surface area contributed by atoms with Gasteiger partial charge in [-0.25, -0.2) is 23.3 Å².